The fraction of sp³-hybridized carbons (Fsp3) is 0.0714. The summed E-state index contributed by atoms with van der Waals surface area (Å²) in [6.45, 7) is 1.70. The van der Waals surface area contributed by atoms with Crippen LogP contribution in [0, 0.1) is 18.6 Å². The maximum atomic E-state index is 13.5. The average molecular weight is 247 g/mol. The standard InChI is InChI=1S/C14H11F2NO/c1-8-3-2-4-12(17)13(8)14(18)10-7-9(15)5-6-11(10)16/h2-7H,17H2,1H3. The Balaban J connectivity index is 2.58. The average Bonchev–Trinajstić information content (AvgIpc) is 2.32. The van der Waals surface area contributed by atoms with Gasteiger partial charge in [-0.2, -0.15) is 0 Å². The van der Waals surface area contributed by atoms with Crippen LogP contribution in [-0.4, -0.2) is 5.78 Å². The van der Waals surface area contributed by atoms with Crippen molar-refractivity contribution >= 4 is 11.5 Å². The van der Waals surface area contributed by atoms with Gasteiger partial charge in [-0.15, -0.1) is 0 Å². The second kappa shape index (κ2) is 4.56. The Morgan fingerprint density at radius 3 is 2.56 bits per heavy atom. The van der Waals surface area contributed by atoms with Gasteiger partial charge in [-0.25, -0.2) is 8.78 Å². The molecule has 0 aliphatic carbocycles. The number of halogens is 2. The van der Waals surface area contributed by atoms with Crippen LogP contribution in [0.4, 0.5) is 14.5 Å². The number of hydrogen-bond acceptors (Lipinski definition) is 2. The number of aryl methyl sites for hydroxylation is 1. The molecule has 18 heavy (non-hydrogen) atoms. The normalized spacial score (nSPS) is 10.4. The van der Waals surface area contributed by atoms with Gasteiger partial charge in [-0.05, 0) is 36.8 Å². The minimum absolute atomic E-state index is 0.210. The van der Waals surface area contributed by atoms with Crippen molar-refractivity contribution in [2.24, 2.45) is 0 Å². The monoisotopic (exact) mass is 247 g/mol. The van der Waals surface area contributed by atoms with Gasteiger partial charge in [-0.3, -0.25) is 4.79 Å². The molecule has 2 nitrogen and oxygen atoms in total. The van der Waals surface area contributed by atoms with Crippen LogP contribution in [0.3, 0.4) is 0 Å². The fourth-order valence-electron chi connectivity index (χ4n) is 1.81. The van der Waals surface area contributed by atoms with Gasteiger partial charge in [-0.1, -0.05) is 12.1 Å². The molecule has 2 N–H and O–H groups in total. The second-order valence-electron chi connectivity index (χ2n) is 3.99. The molecule has 0 heterocycles. The SMILES string of the molecule is Cc1cccc(N)c1C(=O)c1cc(F)ccc1F. The quantitative estimate of drug-likeness (QED) is 0.654. The van der Waals surface area contributed by atoms with E-state index in [1.807, 2.05) is 0 Å². The first-order chi connectivity index (χ1) is 8.50. The van der Waals surface area contributed by atoms with Crippen LogP contribution < -0.4 is 5.73 Å². The first-order valence-electron chi connectivity index (χ1n) is 5.35. The number of ketones is 1. The molecule has 0 saturated carbocycles. The second-order valence-corrected chi connectivity index (χ2v) is 3.99. The molecule has 0 atom stereocenters. The molecular weight excluding hydrogens is 236 g/mol. The van der Waals surface area contributed by atoms with Crippen molar-refractivity contribution in [1.82, 2.24) is 0 Å². The molecule has 0 saturated heterocycles. The lowest BCUT2D eigenvalue weighted by atomic mass is 9.97. The molecule has 0 aliphatic heterocycles. The van der Waals surface area contributed by atoms with Crippen molar-refractivity contribution in [2.45, 2.75) is 6.92 Å². The summed E-state index contributed by atoms with van der Waals surface area (Å²) < 4.78 is 26.6. The molecule has 2 aromatic carbocycles. The molecule has 2 aromatic rings. The lowest BCUT2D eigenvalue weighted by Gasteiger charge is -2.09. The number of hydrogen-bond donors (Lipinski definition) is 1. The summed E-state index contributed by atoms with van der Waals surface area (Å²) >= 11 is 0. The van der Waals surface area contributed by atoms with Crippen LogP contribution in [0.5, 0.6) is 0 Å². The van der Waals surface area contributed by atoms with Gasteiger partial charge in [0, 0.05) is 11.3 Å². The van der Waals surface area contributed by atoms with Crippen LogP contribution in [-0.2, 0) is 0 Å². The summed E-state index contributed by atoms with van der Waals surface area (Å²) in [5.74, 6) is -2.03. The third-order valence-corrected chi connectivity index (χ3v) is 2.71. The summed E-state index contributed by atoms with van der Waals surface area (Å²) in [5.41, 5.74) is 6.49. The molecule has 0 aliphatic rings. The Hall–Kier alpha value is -2.23. The third kappa shape index (κ3) is 2.09. The predicted octanol–water partition coefficient (Wildman–Crippen LogP) is 3.09. The molecular formula is C14H11F2NO. The van der Waals surface area contributed by atoms with E-state index in [4.69, 9.17) is 5.73 Å². The van der Waals surface area contributed by atoms with E-state index in [9.17, 15) is 13.6 Å². The van der Waals surface area contributed by atoms with Crippen molar-refractivity contribution in [3.63, 3.8) is 0 Å². The van der Waals surface area contributed by atoms with Gasteiger partial charge >= 0.3 is 0 Å². The third-order valence-electron chi connectivity index (χ3n) is 2.71. The van der Waals surface area contributed by atoms with Crippen LogP contribution >= 0.6 is 0 Å². The molecule has 4 heteroatoms. The molecule has 2 rings (SSSR count). The highest BCUT2D eigenvalue weighted by Gasteiger charge is 2.18. The molecule has 92 valence electrons. The van der Waals surface area contributed by atoms with E-state index in [1.54, 1.807) is 25.1 Å². The lowest BCUT2D eigenvalue weighted by Crippen LogP contribution is -2.10. The topological polar surface area (TPSA) is 43.1 Å². The van der Waals surface area contributed by atoms with E-state index < -0.39 is 17.4 Å². The van der Waals surface area contributed by atoms with E-state index in [2.05, 4.69) is 0 Å². The molecule has 0 amide bonds. The van der Waals surface area contributed by atoms with Crippen molar-refractivity contribution in [1.29, 1.82) is 0 Å². The van der Waals surface area contributed by atoms with Crippen molar-refractivity contribution in [2.75, 3.05) is 5.73 Å². The lowest BCUT2D eigenvalue weighted by molar-refractivity contribution is 0.103. The zero-order chi connectivity index (χ0) is 13.3. The van der Waals surface area contributed by atoms with Crippen molar-refractivity contribution in [3.8, 4) is 0 Å². The highest BCUT2D eigenvalue weighted by Crippen LogP contribution is 2.22. The molecule has 0 spiro atoms. The smallest absolute Gasteiger partial charge is 0.198 e. The van der Waals surface area contributed by atoms with Gasteiger partial charge in [0.1, 0.15) is 11.6 Å². The van der Waals surface area contributed by atoms with Crippen molar-refractivity contribution < 1.29 is 13.6 Å². The number of carbonyl (C=O) groups is 1. The first-order valence-corrected chi connectivity index (χ1v) is 5.35. The molecule has 0 bridgehead atoms. The molecule has 0 fully saturated rings. The minimum atomic E-state index is -0.760. The summed E-state index contributed by atoms with van der Waals surface area (Å²) in [6, 6.07) is 7.72. The van der Waals surface area contributed by atoms with Crippen LogP contribution in [0.2, 0.25) is 0 Å². The Morgan fingerprint density at radius 2 is 1.89 bits per heavy atom. The zero-order valence-corrected chi connectivity index (χ0v) is 9.71. The summed E-state index contributed by atoms with van der Waals surface area (Å²) in [4.78, 5) is 12.2. The first kappa shape index (κ1) is 12.2. The van der Waals surface area contributed by atoms with E-state index in [-0.39, 0.29) is 16.8 Å². The number of benzene rings is 2. The maximum absolute atomic E-state index is 13.5. The van der Waals surface area contributed by atoms with E-state index >= 15 is 0 Å². The highest BCUT2D eigenvalue weighted by atomic mass is 19.1. The Morgan fingerprint density at radius 1 is 1.17 bits per heavy atom. The molecule has 0 radical (unpaired) electrons. The van der Waals surface area contributed by atoms with Crippen LogP contribution in [0.15, 0.2) is 36.4 Å². The number of rotatable bonds is 2. The summed E-state index contributed by atoms with van der Waals surface area (Å²) in [7, 11) is 0. The largest absolute Gasteiger partial charge is 0.398 e. The maximum Gasteiger partial charge on any atom is 0.198 e. The van der Waals surface area contributed by atoms with Gasteiger partial charge < -0.3 is 5.73 Å². The van der Waals surface area contributed by atoms with E-state index in [1.165, 1.54) is 0 Å². The van der Waals surface area contributed by atoms with E-state index in [0.29, 0.717) is 5.56 Å². The van der Waals surface area contributed by atoms with Gasteiger partial charge in [0.2, 0.25) is 0 Å². The summed E-state index contributed by atoms with van der Waals surface area (Å²) in [6.07, 6.45) is 0. The van der Waals surface area contributed by atoms with Gasteiger partial charge in [0.15, 0.2) is 5.78 Å². The highest BCUT2D eigenvalue weighted by molar-refractivity contribution is 6.13. The number of nitrogens with two attached hydrogens (primary N) is 1. The Kier molecular flexibility index (Phi) is 3.10. The summed E-state index contributed by atoms with van der Waals surface area (Å²) in [5, 5.41) is 0. The number of nitrogen functional groups attached to an aromatic ring is 1. The van der Waals surface area contributed by atoms with E-state index in [0.717, 1.165) is 18.2 Å². The van der Waals surface area contributed by atoms with Crippen LogP contribution in [0.1, 0.15) is 21.5 Å². The van der Waals surface area contributed by atoms with Crippen LogP contribution in [0.25, 0.3) is 0 Å². The van der Waals surface area contributed by atoms with Gasteiger partial charge in [0.25, 0.3) is 0 Å². The Bertz CT molecular complexity index is 603. The Labute approximate surface area is 103 Å². The fourth-order valence-corrected chi connectivity index (χ4v) is 1.81. The number of anilines is 1. The van der Waals surface area contributed by atoms with Crippen molar-refractivity contribution in [3.05, 3.63) is 64.7 Å². The zero-order valence-electron chi connectivity index (χ0n) is 9.71. The molecule has 0 unspecified atom stereocenters. The minimum Gasteiger partial charge on any atom is -0.398 e. The molecule has 0 aromatic heterocycles. The predicted molar refractivity (Wildman–Crippen MR) is 65.4 cm³/mol. The van der Waals surface area contributed by atoms with Gasteiger partial charge in [0.05, 0.1) is 5.56 Å². The number of carbonyl (C=O) groups excluding carboxylic acids is 1.